The predicted molar refractivity (Wildman–Crippen MR) is 118 cm³/mol. The number of nitrogens with zero attached hydrogens (tertiary/aromatic N) is 2. The van der Waals surface area contributed by atoms with Crippen LogP contribution in [0.2, 0.25) is 0 Å². The first-order valence-corrected chi connectivity index (χ1v) is 10.7. The Morgan fingerprint density at radius 2 is 2.10 bits per heavy atom. The number of rotatable bonds is 5. The Labute approximate surface area is 180 Å². The molecule has 0 unspecified atom stereocenters. The number of benzene rings is 1. The molecule has 30 heavy (non-hydrogen) atoms. The number of thiazole rings is 1. The van der Waals surface area contributed by atoms with Crippen LogP contribution in [0, 0.1) is 36.0 Å². The number of hydrogen-bond donors (Lipinski definition) is 2. The molecule has 1 saturated carbocycles. The Bertz CT molecular complexity index is 1090. The summed E-state index contributed by atoms with van der Waals surface area (Å²) < 4.78 is 0. The van der Waals surface area contributed by atoms with Gasteiger partial charge in [-0.2, -0.15) is 0 Å². The summed E-state index contributed by atoms with van der Waals surface area (Å²) in [4.78, 5) is 30.8. The molecule has 2 atom stereocenters. The highest BCUT2D eigenvalue weighted by molar-refractivity contribution is 7.13. The molecule has 2 amide bonds. The molecule has 4 rings (SSSR count). The zero-order valence-electron chi connectivity index (χ0n) is 16.7. The molecule has 1 aliphatic carbocycles. The van der Waals surface area contributed by atoms with Gasteiger partial charge in [0.1, 0.15) is 10.7 Å². The standard InChI is InChI=1S/C23H22N4O2S/c1-3-15-13-18(15)21(28)24-9-4-5-10-25-22(29)19-14-30-23(26-19)17-6-7-20-16(12-17)8-11-27(20)2/h1,6-7,12,14-15,18H,8-11,13H2,2H3,(H,24,28)(H,25,29)/t15-,18+/m0/s1. The molecule has 2 heterocycles. The number of aromatic nitrogens is 1. The van der Waals surface area contributed by atoms with Crippen LogP contribution >= 0.6 is 11.3 Å². The predicted octanol–water partition coefficient (Wildman–Crippen LogP) is 1.92. The van der Waals surface area contributed by atoms with E-state index in [0.717, 1.165) is 30.0 Å². The zero-order valence-corrected chi connectivity index (χ0v) is 17.5. The van der Waals surface area contributed by atoms with Gasteiger partial charge in [-0.25, -0.2) is 4.98 Å². The van der Waals surface area contributed by atoms with Crippen LogP contribution in [0.5, 0.6) is 0 Å². The van der Waals surface area contributed by atoms with E-state index in [1.165, 1.54) is 22.6 Å². The molecule has 6 nitrogen and oxygen atoms in total. The fourth-order valence-corrected chi connectivity index (χ4v) is 4.28. The zero-order chi connectivity index (χ0) is 21.1. The highest BCUT2D eigenvalue weighted by Gasteiger charge is 2.41. The van der Waals surface area contributed by atoms with E-state index in [-0.39, 0.29) is 36.7 Å². The van der Waals surface area contributed by atoms with Gasteiger partial charge >= 0.3 is 0 Å². The topological polar surface area (TPSA) is 74.3 Å². The molecule has 2 N–H and O–H groups in total. The van der Waals surface area contributed by atoms with Crippen molar-refractivity contribution in [3.63, 3.8) is 0 Å². The number of fused-ring (bicyclic) bond motifs is 1. The molecule has 7 heteroatoms. The van der Waals surface area contributed by atoms with Crippen LogP contribution in [0.15, 0.2) is 23.6 Å². The second-order valence-electron chi connectivity index (χ2n) is 7.42. The quantitative estimate of drug-likeness (QED) is 0.728. The van der Waals surface area contributed by atoms with E-state index in [1.54, 1.807) is 5.38 Å². The molecule has 1 aromatic carbocycles. The van der Waals surface area contributed by atoms with Gasteiger partial charge in [-0.1, -0.05) is 11.8 Å². The third-order valence-electron chi connectivity index (χ3n) is 5.35. The maximum Gasteiger partial charge on any atom is 0.271 e. The number of terminal acetylenes is 1. The number of likely N-dealkylation sites (N-methyl/N-ethyl adjacent to an activating group) is 1. The normalized spacial score (nSPS) is 18.6. The van der Waals surface area contributed by atoms with Gasteiger partial charge in [0, 0.05) is 36.1 Å². The van der Waals surface area contributed by atoms with E-state index in [1.807, 2.05) is 6.07 Å². The van der Waals surface area contributed by atoms with Crippen molar-refractivity contribution in [1.82, 2.24) is 15.6 Å². The van der Waals surface area contributed by atoms with Crippen LogP contribution in [0.1, 0.15) is 22.5 Å². The van der Waals surface area contributed by atoms with Crippen LogP contribution in [-0.4, -0.2) is 43.5 Å². The lowest BCUT2D eigenvalue weighted by Gasteiger charge is -2.11. The second kappa shape index (κ2) is 8.61. The SMILES string of the molecule is C#C[C@H]1C[C@H]1C(=O)NCC#CCNC(=O)c1csc(-c2ccc3c(c2)CCN3C)n1. The summed E-state index contributed by atoms with van der Waals surface area (Å²) in [6.45, 7) is 1.47. The third kappa shape index (κ3) is 4.32. The van der Waals surface area contributed by atoms with Crippen LogP contribution in [0.4, 0.5) is 5.69 Å². The molecule has 2 aromatic rings. The van der Waals surface area contributed by atoms with Gasteiger partial charge in [0.15, 0.2) is 0 Å². The lowest BCUT2D eigenvalue weighted by atomic mass is 10.1. The molecular weight excluding hydrogens is 396 g/mol. The van der Waals surface area contributed by atoms with Crippen molar-refractivity contribution in [3.05, 3.63) is 34.8 Å². The number of carbonyl (C=O) groups is 2. The third-order valence-corrected chi connectivity index (χ3v) is 6.24. The largest absolute Gasteiger partial charge is 0.374 e. The molecule has 2 aliphatic rings. The van der Waals surface area contributed by atoms with Crippen LogP contribution in [0.3, 0.4) is 0 Å². The number of anilines is 1. The van der Waals surface area contributed by atoms with E-state index >= 15 is 0 Å². The lowest BCUT2D eigenvalue weighted by molar-refractivity contribution is -0.122. The second-order valence-corrected chi connectivity index (χ2v) is 8.28. The van der Waals surface area contributed by atoms with Crippen LogP contribution in [-0.2, 0) is 11.2 Å². The van der Waals surface area contributed by atoms with E-state index in [4.69, 9.17) is 6.42 Å². The van der Waals surface area contributed by atoms with Gasteiger partial charge in [0.2, 0.25) is 5.91 Å². The number of amides is 2. The first-order chi connectivity index (χ1) is 14.6. The highest BCUT2D eigenvalue weighted by atomic mass is 32.1. The lowest BCUT2D eigenvalue weighted by Crippen LogP contribution is -2.26. The molecule has 1 aromatic heterocycles. The van der Waals surface area contributed by atoms with Crippen LogP contribution < -0.4 is 15.5 Å². The number of hydrogen-bond acceptors (Lipinski definition) is 5. The van der Waals surface area contributed by atoms with Crippen molar-refractivity contribution in [3.8, 4) is 34.8 Å². The summed E-state index contributed by atoms with van der Waals surface area (Å²) in [6.07, 6.45) is 7.07. The van der Waals surface area contributed by atoms with Gasteiger partial charge in [0.25, 0.3) is 5.91 Å². The summed E-state index contributed by atoms with van der Waals surface area (Å²) in [6, 6.07) is 6.32. The Kier molecular flexibility index (Phi) is 5.74. The fourth-order valence-electron chi connectivity index (χ4n) is 3.48. The summed E-state index contributed by atoms with van der Waals surface area (Å²) in [5.74, 6) is 7.93. The Hall–Kier alpha value is -3.29. The van der Waals surface area contributed by atoms with Crippen molar-refractivity contribution < 1.29 is 9.59 Å². The van der Waals surface area contributed by atoms with Gasteiger partial charge in [-0.15, -0.1) is 23.7 Å². The smallest absolute Gasteiger partial charge is 0.271 e. The minimum absolute atomic E-state index is 0.0514. The summed E-state index contributed by atoms with van der Waals surface area (Å²) in [5, 5.41) is 8.06. The Morgan fingerprint density at radius 1 is 1.30 bits per heavy atom. The summed E-state index contributed by atoms with van der Waals surface area (Å²) in [5.41, 5.74) is 3.99. The molecule has 152 valence electrons. The van der Waals surface area contributed by atoms with Crippen molar-refractivity contribution in [1.29, 1.82) is 0 Å². The summed E-state index contributed by atoms with van der Waals surface area (Å²) >= 11 is 1.46. The van der Waals surface area contributed by atoms with Gasteiger partial charge in [-0.3, -0.25) is 9.59 Å². The average Bonchev–Trinajstić information content (AvgIpc) is 3.22. The maximum absolute atomic E-state index is 12.3. The molecule has 0 bridgehead atoms. The minimum Gasteiger partial charge on any atom is -0.374 e. The van der Waals surface area contributed by atoms with Gasteiger partial charge < -0.3 is 15.5 Å². The highest BCUT2D eigenvalue weighted by Crippen LogP contribution is 2.37. The van der Waals surface area contributed by atoms with E-state index < -0.39 is 0 Å². The molecule has 1 fully saturated rings. The molecular formula is C23H22N4O2S. The maximum atomic E-state index is 12.3. The minimum atomic E-state index is -0.258. The number of nitrogens with one attached hydrogen (secondary N) is 2. The first-order valence-electron chi connectivity index (χ1n) is 9.84. The van der Waals surface area contributed by atoms with Crippen LogP contribution in [0.25, 0.3) is 10.6 Å². The van der Waals surface area contributed by atoms with E-state index in [2.05, 4.69) is 57.5 Å². The van der Waals surface area contributed by atoms with E-state index in [9.17, 15) is 9.59 Å². The molecule has 0 saturated heterocycles. The molecule has 0 spiro atoms. The van der Waals surface area contributed by atoms with E-state index in [0.29, 0.717) is 5.69 Å². The number of carbonyl (C=O) groups excluding carboxylic acids is 2. The van der Waals surface area contributed by atoms with Gasteiger partial charge in [-0.05, 0) is 36.6 Å². The van der Waals surface area contributed by atoms with Crippen molar-refractivity contribution in [2.75, 3.05) is 31.6 Å². The van der Waals surface area contributed by atoms with Crippen molar-refractivity contribution in [2.24, 2.45) is 11.8 Å². The monoisotopic (exact) mass is 418 g/mol. The average molecular weight is 419 g/mol. The first kappa shape index (κ1) is 20.0. The van der Waals surface area contributed by atoms with Crippen molar-refractivity contribution >= 4 is 28.8 Å². The fraction of sp³-hybridized carbons (Fsp3) is 0.348. The van der Waals surface area contributed by atoms with Gasteiger partial charge in [0.05, 0.1) is 19.0 Å². The van der Waals surface area contributed by atoms with Crippen molar-refractivity contribution in [2.45, 2.75) is 12.8 Å². The molecule has 0 radical (unpaired) electrons. The summed E-state index contributed by atoms with van der Waals surface area (Å²) in [7, 11) is 2.09. The molecule has 1 aliphatic heterocycles. The Balaban J connectivity index is 1.25. The Morgan fingerprint density at radius 3 is 2.87 bits per heavy atom.